The molecule has 0 unspecified atom stereocenters. The second kappa shape index (κ2) is 3.40. The van der Waals surface area contributed by atoms with E-state index < -0.39 is 22.9 Å². The topological polar surface area (TPSA) is 60.7 Å². The monoisotopic (exact) mass is 264 g/mol. The van der Waals surface area contributed by atoms with Crippen LogP contribution in [0.1, 0.15) is 19.4 Å². The molecule has 1 aromatic carbocycles. The van der Waals surface area contributed by atoms with E-state index in [2.05, 4.69) is 15.9 Å². The fourth-order valence-electron chi connectivity index (χ4n) is 1.16. The van der Waals surface area contributed by atoms with E-state index in [1.54, 1.807) is 0 Å². The summed E-state index contributed by atoms with van der Waals surface area (Å²) in [4.78, 5) is 0. The molecule has 1 rings (SSSR count). The van der Waals surface area contributed by atoms with Crippen LogP contribution in [-0.2, 0) is 5.60 Å². The Bertz CT molecular complexity index is 371. The lowest BCUT2D eigenvalue weighted by Gasteiger charge is -2.20. The average molecular weight is 265 g/mol. The van der Waals surface area contributed by atoms with Crippen LogP contribution in [0.4, 0.5) is 4.39 Å². The van der Waals surface area contributed by atoms with Crippen molar-refractivity contribution in [1.29, 1.82) is 0 Å². The van der Waals surface area contributed by atoms with Crippen molar-refractivity contribution in [3.8, 4) is 11.5 Å². The van der Waals surface area contributed by atoms with Crippen LogP contribution in [0.3, 0.4) is 0 Å². The smallest absolute Gasteiger partial charge is 0.194 e. The Balaban J connectivity index is 3.53. The van der Waals surface area contributed by atoms with Crippen molar-refractivity contribution in [3.05, 3.63) is 21.9 Å². The summed E-state index contributed by atoms with van der Waals surface area (Å²) in [6.07, 6.45) is 0. The van der Waals surface area contributed by atoms with Crippen LogP contribution in [0.15, 0.2) is 10.5 Å². The Morgan fingerprint density at radius 2 is 1.86 bits per heavy atom. The van der Waals surface area contributed by atoms with Gasteiger partial charge in [-0.05, 0) is 19.9 Å². The predicted molar refractivity (Wildman–Crippen MR) is 52.7 cm³/mol. The summed E-state index contributed by atoms with van der Waals surface area (Å²) in [5.74, 6) is -2.45. The third-order valence-electron chi connectivity index (χ3n) is 1.78. The normalized spacial score (nSPS) is 11.8. The minimum absolute atomic E-state index is 0.0900. The van der Waals surface area contributed by atoms with Gasteiger partial charge in [0.05, 0.1) is 5.60 Å². The van der Waals surface area contributed by atoms with E-state index in [1.807, 2.05) is 0 Å². The van der Waals surface area contributed by atoms with Crippen molar-refractivity contribution < 1.29 is 19.7 Å². The van der Waals surface area contributed by atoms with Crippen molar-refractivity contribution in [1.82, 2.24) is 0 Å². The van der Waals surface area contributed by atoms with Gasteiger partial charge in [0.1, 0.15) is 0 Å². The van der Waals surface area contributed by atoms with Crippen LogP contribution in [-0.4, -0.2) is 15.3 Å². The van der Waals surface area contributed by atoms with Gasteiger partial charge in [-0.1, -0.05) is 15.9 Å². The van der Waals surface area contributed by atoms with Gasteiger partial charge < -0.3 is 15.3 Å². The Labute approximate surface area is 88.9 Å². The number of phenolic OH excluding ortho intramolecular Hbond substituents is 2. The molecule has 3 nitrogen and oxygen atoms in total. The molecule has 0 spiro atoms. The molecule has 3 N–H and O–H groups in total. The van der Waals surface area contributed by atoms with Crippen LogP contribution in [0, 0.1) is 5.82 Å². The summed E-state index contributed by atoms with van der Waals surface area (Å²) >= 11 is 3.00. The van der Waals surface area contributed by atoms with E-state index in [1.165, 1.54) is 13.8 Å². The summed E-state index contributed by atoms with van der Waals surface area (Å²) in [5, 5.41) is 27.8. The van der Waals surface area contributed by atoms with Crippen molar-refractivity contribution in [2.24, 2.45) is 0 Å². The molecule has 14 heavy (non-hydrogen) atoms. The average Bonchev–Trinajstić information content (AvgIpc) is 1.97. The predicted octanol–water partition coefficient (Wildman–Crippen LogP) is 2.23. The van der Waals surface area contributed by atoms with E-state index in [0.717, 1.165) is 6.07 Å². The number of benzene rings is 1. The lowest BCUT2D eigenvalue weighted by Crippen LogP contribution is -2.18. The zero-order valence-electron chi connectivity index (χ0n) is 7.67. The first-order valence-electron chi connectivity index (χ1n) is 3.88. The van der Waals surface area contributed by atoms with Crippen LogP contribution in [0.5, 0.6) is 11.5 Å². The second-order valence-electron chi connectivity index (χ2n) is 3.47. The van der Waals surface area contributed by atoms with Gasteiger partial charge in [-0.15, -0.1) is 0 Å². The number of phenols is 2. The van der Waals surface area contributed by atoms with Crippen LogP contribution >= 0.6 is 15.9 Å². The molecule has 0 bridgehead atoms. The van der Waals surface area contributed by atoms with Gasteiger partial charge in [0.25, 0.3) is 0 Å². The second-order valence-corrected chi connectivity index (χ2v) is 4.33. The lowest BCUT2D eigenvalue weighted by atomic mass is 9.97. The van der Waals surface area contributed by atoms with Gasteiger partial charge >= 0.3 is 0 Å². The quantitative estimate of drug-likeness (QED) is 0.682. The number of rotatable bonds is 1. The van der Waals surface area contributed by atoms with Gasteiger partial charge in [0.15, 0.2) is 17.3 Å². The van der Waals surface area contributed by atoms with E-state index in [-0.39, 0.29) is 10.0 Å². The highest BCUT2D eigenvalue weighted by Gasteiger charge is 2.27. The van der Waals surface area contributed by atoms with Gasteiger partial charge in [0, 0.05) is 10.0 Å². The SMILES string of the molecule is CC(C)(O)c1c(Br)cc(O)c(O)c1F. The number of hydrogen-bond donors (Lipinski definition) is 3. The van der Waals surface area contributed by atoms with Crippen molar-refractivity contribution in [2.45, 2.75) is 19.4 Å². The largest absolute Gasteiger partial charge is 0.504 e. The van der Waals surface area contributed by atoms with Crippen LogP contribution in [0.2, 0.25) is 0 Å². The highest BCUT2D eigenvalue weighted by molar-refractivity contribution is 9.10. The third kappa shape index (κ3) is 1.83. The maximum atomic E-state index is 13.4. The Kier molecular flexibility index (Phi) is 2.74. The highest BCUT2D eigenvalue weighted by atomic mass is 79.9. The number of halogens is 2. The summed E-state index contributed by atoms with van der Waals surface area (Å²) < 4.78 is 13.6. The van der Waals surface area contributed by atoms with Gasteiger partial charge in [-0.3, -0.25) is 0 Å². The third-order valence-corrected chi connectivity index (χ3v) is 2.41. The van der Waals surface area contributed by atoms with Crippen molar-refractivity contribution >= 4 is 15.9 Å². The maximum Gasteiger partial charge on any atom is 0.194 e. The first-order valence-corrected chi connectivity index (χ1v) is 4.67. The minimum Gasteiger partial charge on any atom is -0.504 e. The molecule has 0 aliphatic carbocycles. The molecule has 0 heterocycles. The molecule has 0 radical (unpaired) electrons. The molecule has 0 fully saturated rings. The molecule has 0 saturated carbocycles. The fourth-order valence-corrected chi connectivity index (χ4v) is 2.03. The van der Waals surface area contributed by atoms with E-state index in [0.29, 0.717) is 0 Å². The molecule has 0 aromatic heterocycles. The molecule has 0 atom stereocenters. The first kappa shape index (κ1) is 11.3. The minimum atomic E-state index is -1.44. The van der Waals surface area contributed by atoms with Gasteiger partial charge in [-0.25, -0.2) is 4.39 Å². The summed E-state index contributed by atoms with van der Waals surface area (Å²) in [6, 6.07) is 1.13. The summed E-state index contributed by atoms with van der Waals surface area (Å²) in [6.45, 7) is 2.76. The maximum absolute atomic E-state index is 13.4. The zero-order valence-corrected chi connectivity index (χ0v) is 9.26. The van der Waals surface area contributed by atoms with Gasteiger partial charge in [0.2, 0.25) is 0 Å². The molecule has 0 saturated heterocycles. The van der Waals surface area contributed by atoms with E-state index in [4.69, 9.17) is 10.2 Å². The molecule has 0 amide bonds. The number of aromatic hydroxyl groups is 2. The molecule has 0 aliphatic heterocycles. The molecular formula is C9H10BrFO3. The Morgan fingerprint density at radius 1 is 1.36 bits per heavy atom. The van der Waals surface area contributed by atoms with Crippen molar-refractivity contribution in [3.63, 3.8) is 0 Å². The molecule has 5 heteroatoms. The fraction of sp³-hybridized carbons (Fsp3) is 0.333. The van der Waals surface area contributed by atoms with E-state index >= 15 is 0 Å². The van der Waals surface area contributed by atoms with Crippen molar-refractivity contribution in [2.75, 3.05) is 0 Å². The summed E-state index contributed by atoms with van der Waals surface area (Å²) in [5.41, 5.74) is -1.53. The van der Waals surface area contributed by atoms with E-state index in [9.17, 15) is 9.50 Å². The lowest BCUT2D eigenvalue weighted by molar-refractivity contribution is 0.0729. The van der Waals surface area contributed by atoms with Crippen LogP contribution < -0.4 is 0 Å². The molecule has 78 valence electrons. The zero-order chi connectivity index (χ0) is 11.1. The van der Waals surface area contributed by atoms with Crippen LogP contribution in [0.25, 0.3) is 0 Å². The molecular weight excluding hydrogens is 255 g/mol. The first-order chi connectivity index (χ1) is 6.25. The Hall–Kier alpha value is -0.810. The number of hydrogen-bond acceptors (Lipinski definition) is 3. The Morgan fingerprint density at radius 3 is 2.29 bits per heavy atom. The highest BCUT2D eigenvalue weighted by Crippen LogP contribution is 2.39. The number of aliphatic hydroxyl groups is 1. The van der Waals surface area contributed by atoms with Gasteiger partial charge in [-0.2, -0.15) is 0 Å². The molecule has 0 aliphatic rings. The standard InChI is InChI=1S/C9H10BrFO3/c1-9(2,14)6-4(10)3-5(12)8(13)7(6)11/h3,12-14H,1-2H3. The molecule has 1 aromatic rings. The summed E-state index contributed by atoms with van der Waals surface area (Å²) in [7, 11) is 0.